The number of phenols is 1. The fourth-order valence-corrected chi connectivity index (χ4v) is 1.36. The van der Waals surface area contributed by atoms with Gasteiger partial charge in [0, 0.05) is 6.07 Å². The minimum Gasteiger partial charge on any atom is -0.507 e. The van der Waals surface area contributed by atoms with Gasteiger partial charge in [-0.15, -0.1) is 0 Å². The van der Waals surface area contributed by atoms with Gasteiger partial charge >= 0.3 is 0 Å². The number of aromatic nitrogens is 1. The van der Waals surface area contributed by atoms with E-state index in [0.717, 1.165) is 12.0 Å². The van der Waals surface area contributed by atoms with Gasteiger partial charge in [-0.05, 0) is 24.1 Å². The molecule has 1 N–H and O–H groups in total. The van der Waals surface area contributed by atoms with Crippen LogP contribution in [0.5, 0.6) is 5.75 Å². The third-order valence-corrected chi connectivity index (χ3v) is 2.17. The fraction of sp³-hybridized carbons (Fsp3) is 0.182. The summed E-state index contributed by atoms with van der Waals surface area (Å²) in [5.74, 6) is 0.816. The Morgan fingerprint density at radius 1 is 1.36 bits per heavy atom. The zero-order valence-electron chi connectivity index (χ0n) is 7.90. The van der Waals surface area contributed by atoms with Crippen molar-refractivity contribution in [3.63, 3.8) is 0 Å². The average Bonchev–Trinajstić information content (AvgIpc) is 2.71. The van der Waals surface area contributed by atoms with Crippen LogP contribution in [0.3, 0.4) is 0 Å². The summed E-state index contributed by atoms with van der Waals surface area (Å²) in [5.41, 5.74) is 1.86. The molecule has 1 aromatic heterocycles. The predicted molar refractivity (Wildman–Crippen MR) is 53.0 cm³/mol. The van der Waals surface area contributed by atoms with E-state index in [4.69, 9.17) is 4.52 Å². The summed E-state index contributed by atoms with van der Waals surface area (Å²) in [7, 11) is 0. The molecule has 0 saturated heterocycles. The Kier molecular flexibility index (Phi) is 2.23. The average molecular weight is 189 g/mol. The molecule has 1 aromatic carbocycles. The first-order valence-electron chi connectivity index (χ1n) is 4.54. The third-order valence-electron chi connectivity index (χ3n) is 2.17. The first kappa shape index (κ1) is 8.81. The van der Waals surface area contributed by atoms with E-state index >= 15 is 0 Å². The highest BCUT2D eigenvalue weighted by Gasteiger charge is 2.07. The molecule has 0 saturated carbocycles. The summed E-state index contributed by atoms with van der Waals surface area (Å²) >= 11 is 0. The van der Waals surface area contributed by atoms with Crippen molar-refractivity contribution in [1.82, 2.24) is 5.16 Å². The maximum absolute atomic E-state index is 9.61. The Morgan fingerprint density at radius 3 is 2.86 bits per heavy atom. The highest BCUT2D eigenvalue weighted by atomic mass is 16.5. The van der Waals surface area contributed by atoms with Crippen molar-refractivity contribution >= 4 is 0 Å². The summed E-state index contributed by atoms with van der Waals surface area (Å²) in [6, 6.07) is 7.22. The number of benzene rings is 1. The standard InChI is InChI=1S/C11H11NO2/c1-2-8-3-4-10(13)9(7-8)11-5-6-12-14-11/h3-7,13H,2H2,1H3. The van der Waals surface area contributed by atoms with Crippen LogP contribution >= 0.6 is 0 Å². The zero-order valence-corrected chi connectivity index (χ0v) is 7.90. The molecule has 0 unspecified atom stereocenters. The van der Waals surface area contributed by atoms with Gasteiger partial charge in [0.25, 0.3) is 0 Å². The first-order valence-corrected chi connectivity index (χ1v) is 4.54. The topological polar surface area (TPSA) is 46.3 Å². The smallest absolute Gasteiger partial charge is 0.170 e. The number of hydrogen-bond acceptors (Lipinski definition) is 3. The highest BCUT2D eigenvalue weighted by Crippen LogP contribution is 2.29. The van der Waals surface area contributed by atoms with E-state index in [1.54, 1.807) is 18.3 Å². The predicted octanol–water partition coefficient (Wildman–Crippen LogP) is 2.61. The SMILES string of the molecule is CCc1ccc(O)c(-c2ccno2)c1. The van der Waals surface area contributed by atoms with Crippen molar-refractivity contribution in [3.05, 3.63) is 36.0 Å². The van der Waals surface area contributed by atoms with E-state index in [-0.39, 0.29) is 5.75 Å². The molecule has 0 fully saturated rings. The third kappa shape index (κ3) is 1.48. The number of aryl methyl sites for hydroxylation is 1. The van der Waals surface area contributed by atoms with E-state index in [9.17, 15) is 5.11 Å². The van der Waals surface area contributed by atoms with Crippen molar-refractivity contribution in [3.8, 4) is 17.1 Å². The Morgan fingerprint density at radius 2 is 2.21 bits per heavy atom. The normalized spacial score (nSPS) is 10.4. The van der Waals surface area contributed by atoms with Gasteiger partial charge in [-0.3, -0.25) is 0 Å². The lowest BCUT2D eigenvalue weighted by atomic mass is 10.1. The Balaban J connectivity index is 2.51. The Labute approximate surface area is 82.0 Å². The molecule has 0 atom stereocenters. The van der Waals surface area contributed by atoms with E-state index in [1.807, 2.05) is 12.1 Å². The lowest BCUT2D eigenvalue weighted by Crippen LogP contribution is -1.82. The van der Waals surface area contributed by atoms with Crippen molar-refractivity contribution in [2.75, 3.05) is 0 Å². The molecule has 0 bridgehead atoms. The second kappa shape index (κ2) is 3.54. The minimum absolute atomic E-state index is 0.221. The summed E-state index contributed by atoms with van der Waals surface area (Å²) in [4.78, 5) is 0. The van der Waals surface area contributed by atoms with E-state index in [2.05, 4.69) is 12.1 Å². The molecule has 3 heteroatoms. The van der Waals surface area contributed by atoms with Gasteiger partial charge in [-0.25, -0.2) is 0 Å². The molecule has 3 nitrogen and oxygen atoms in total. The van der Waals surface area contributed by atoms with Gasteiger partial charge in [0.1, 0.15) is 5.75 Å². The van der Waals surface area contributed by atoms with Crippen LogP contribution in [0.4, 0.5) is 0 Å². The van der Waals surface area contributed by atoms with Gasteiger partial charge in [0.2, 0.25) is 0 Å². The quantitative estimate of drug-likeness (QED) is 0.789. The second-order valence-corrected chi connectivity index (χ2v) is 3.08. The molecule has 72 valence electrons. The molecule has 14 heavy (non-hydrogen) atoms. The summed E-state index contributed by atoms with van der Waals surface area (Å²) < 4.78 is 4.99. The van der Waals surface area contributed by atoms with E-state index < -0.39 is 0 Å². The van der Waals surface area contributed by atoms with E-state index in [1.165, 1.54) is 0 Å². The number of nitrogens with zero attached hydrogens (tertiary/aromatic N) is 1. The van der Waals surface area contributed by atoms with Crippen LogP contribution in [0.2, 0.25) is 0 Å². The fourth-order valence-electron chi connectivity index (χ4n) is 1.36. The zero-order chi connectivity index (χ0) is 9.97. The number of hydrogen-bond donors (Lipinski definition) is 1. The summed E-state index contributed by atoms with van der Waals surface area (Å²) in [5, 5.41) is 13.2. The van der Waals surface area contributed by atoms with Crippen molar-refractivity contribution in [2.45, 2.75) is 13.3 Å². The van der Waals surface area contributed by atoms with Crippen LogP contribution in [0.1, 0.15) is 12.5 Å². The molecule has 2 rings (SSSR count). The van der Waals surface area contributed by atoms with Crippen LogP contribution in [-0.4, -0.2) is 10.3 Å². The van der Waals surface area contributed by atoms with Gasteiger partial charge < -0.3 is 9.63 Å². The monoisotopic (exact) mass is 189 g/mol. The van der Waals surface area contributed by atoms with Crippen LogP contribution in [0, 0.1) is 0 Å². The maximum Gasteiger partial charge on any atom is 0.170 e. The van der Waals surface area contributed by atoms with E-state index in [0.29, 0.717) is 11.3 Å². The molecule has 2 aromatic rings. The lowest BCUT2D eigenvalue weighted by Gasteiger charge is -2.02. The molecular weight excluding hydrogens is 178 g/mol. The van der Waals surface area contributed by atoms with Crippen LogP contribution in [0.25, 0.3) is 11.3 Å². The van der Waals surface area contributed by atoms with Gasteiger partial charge in [0.15, 0.2) is 5.76 Å². The molecule has 0 radical (unpaired) electrons. The second-order valence-electron chi connectivity index (χ2n) is 3.08. The van der Waals surface area contributed by atoms with Crippen molar-refractivity contribution in [2.24, 2.45) is 0 Å². The molecule has 0 amide bonds. The highest BCUT2D eigenvalue weighted by molar-refractivity contribution is 5.65. The molecule has 1 heterocycles. The maximum atomic E-state index is 9.61. The molecule has 0 aliphatic rings. The molecule has 0 aliphatic carbocycles. The van der Waals surface area contributed by atoms with Crippen molar-refractivity contribution in [1.29, 1.82) is 0 Å². The van der Waals surface area contributed by atoms with Crippen molar-refractivity contribution < 1.29 is 9.63 Å². The molecule has 0 aliphatic heterocycles. The Bertz CT molecular complexity index is 421. The number of aromatic hydroxyl groups is 1. The molecular formula is C11H11NO2. The van der Waals surface area contributed by atoms with Crippen LogP contribution in [0.15, 0.2) is 35.0 Å². The van der Waals surface area contributed by atoms with Crippen LogP contribution < -0.4 is 0 Å². The van der Waals surface area contributed by atoms with Gasteiger partial charge in [0.05, 0.1) is 11.8 Å². The van der Waals surface area contributed by atoms with Gasteiger partial charge in [-0.1, -0.05) is 18.1 Å². The largest absolute Gasteiger partial charge is 0.507 e. The molecule has 0 spiro atoms. The van der Waals surface area contributed by atoms with Crippen LogP contribution in [-0.2, 0) is 6.42 Å². The Hall–Kier alpha value is -1.77. The van der Waals surface area contributed by atoms with Gasteiger partial charge in [-0.2, -0.15) is 0 Å². The minimum atomic E-state index is 0.221. The summed E-state index contributed by atoms with van der Waals surface area (Å²) in [6.45, 7) is 2.07. The summed E-state index contributed by atoms with van der Waals surface area (Å²) in [6.07, 6.45) is 2.49. The first-order chi connectivity index (χ1) is 6.81. The number of phenolic OH excluding ortho intramolecular Hbond substituents is 1. The lowest BCUT2D eigenvalue weighted by molar-refractivity contribution is 0.426. The number of rotatable bonds is 2.